The molecule has 10 heteroatoms. The van der Waals surface area contributed by atoms with Crippen LogP contribution in [-0.2, 0) is 14.1 Å². The highest BCUT2D eigenvalue weighted by molar-refractivity contribution is 5.86. The van der Waals surface area contributed by atoms with Gasteiger partial charge < -0.3 is 10.1 Å². The van der Waals surface area contributed by atoms with E-state index in [2.05, 4.69) is 25.6 Å². The molecule has 5 aromatic rings. The third-order valence-corrected chi connectivity index (χ3v) is 4.80. The number of nitrogens with one attached hydrogen (secondary N) is 1. The molecule has 0 spiro atoms. The predicted octanol–water partition coefficient (Wildman–Crippen LogP) is 2.70. The molecule has 10 nitrogen and oxygen atoms in total. The lowest BCUT2D eigenvalue weighted by Gasteiger charge is -2.09. The van der Waals surface area contributed by atoms with Gasteiger partial charge in [0.15, 0.2) is 5.65 Å². The molecule has 0 unspecified atom stereocenters. The average Bonchev–Trinajstić information content (AvgIpc) is 3.50. The second-order valence-corrected chi connectivity index (χ2v) is 6.70. The second-order valence-electron chi connectivity index (χ2n) is 6.70. The third-order valence-electron chi connectivity index (χ3n) is 4.80. The number of anilines is 2. The SMILES string of the molecule is COc1cccnc1-c1cc(Nc2cc(-n3cccn3)c3cnn(C)c3n2)n(C)n1. The Morgan fingerprint density at radius 1 is 1.03 bits per heavy atom. The third kappa shape index (κ3) is 2.94. The molecule has 0 fully saturated rings. The number of hydrogen-bond acceptors (Lipinski definition) is 7. The van der Waals surface area contributed by atoms with Crippen LogP contribution in [0.3, 0.4) is 0 Å². The minimum Gasteiger partial charge on any atom is -0.494 e. The summed E-state index contributed by atoms with van der Waals surface area (Å²) < 4.78 is 10.7. The summed E-state index contributed by atoms with van der Waals surface area (Å²) >= 11 is 0. The van der Waals surface area contributed by atoms with Gasteiger partial charge in [0.25, 0.3) is 0 Å². The molecule has 5 aromatic heterocycles. The zero-order valence-corrected chi connectivity index (χ0v) is 16.7. The van der Waals surface area contributed by atoms with Crippen LogP contribution in [0.15, 0.2) is 55.1 Å². The van der Waals surface area contributed by atoms with Crippen molar-refractivity contribution in [2.75, 3.05) is 12.4 Å². The van der Waals surface area contributed by atoms with Crippen LogP contribution in [0.5, 0.6) is 5.75 Å². The number of fused-ring (bicyclic) bond motifs is 1. The van der Waals surface area contributed by atoms with Gasteiger partial charge in [0.2, 0.25) is 0 Å². The van der Waals surface area contributed by atoms with Gasteiger partial charge in [-0.05, 0) is 18.2 Å². The first-order valence-electron chi connectivity index (χ1n) is 9.27. The van der Waals surface area contributed by atoms with Crippen LogP contribution >= 0.6 is 0 Å². The molecule has 0 aromatic carbocycles. The van der Waals surface area contributed by atoms with Crippen LogP contribution in [0.1, 0.15) is 0 Å². The Labute approximate surface area is 171 Å². The largest absolute Gasteiger partial charge is 0.494 e. The Balaban J connectivity index is 1.57. The Hall–Kier alpha value is -4.21. The smallest absolute Gasteiger partial charge is 0.162 e. The van der Waals surface area contributed by atoms with E-state index in [9.17, 15) is 0 Å². The highest BCUT2D eigenvalue weighted by atomic mass is 16.5. The summed E-state index contributed by atoms with van der Waals surface area (Å²) in [5, 5.41) is 17.5. The van der Waals surface area contributed by atoms with Gasteiger partial charge in [0, 0.05) is 44.8 Å². The van der Waals surface area contributed by atoms with Gasteiger partial charge in [-0.15, -0.1) is 0 Å². The monoisotopic (exact) mass is 401 g/mol. The lowest BCUT2D eigenvalue weighted by atomic mass is 10.2. The first-order valence-corrected chi connectivity index (χ1v) is 9.27. The van der Waals surface area contributed by atoms with E-state index in [0.717, 1.165) is 22.5 Å². The van der Waals surface area contributed by atoms with Gasteiger partial charge in [-0.1, -0.05) is 0 Å². The molecular formula is C20H19N9O. The number of hydrogen-bond donors (Lipinski definition) is 1. The fraction of sp³-hybridized carbons (Fsp3) is 0.150. The summed E-state index contributed by atoms with van der Waals surface area (Å²) in [7, 11) is 5.34. The van der Waals surface area contributed by atoms with E-state index in [1.54, 1.807) is 39.7 Å². The zero-order valence-electron chi connectivity index (χ0n) is 16.7. The fourth-order valence-electron chi connectivity index (χ4n) is 3.34. The zero-order chi connectivity index (χ0) is 20.7. The summed E-state index contributed by atoms with van der Waals surface area (Å²) in [6, 6.07) is 9.41. The second kappa shape index (κ2) is 6.99. The first kappa shape index (κ1) is 17.9. The van der Waals surface area contributed by atoms with Crippen molar-refractivity contribution in [3.05, 3.63) is 55.1 Å². The summed E-state index contributed by atoms with van der Waals surface area (Å²) in [5.74, 6) is 2.08. The summed E-state index contributed by atoms with van der Waals surface area (Å²) in [4.78, 5) is 9.13. The van der Waals surface area contributed by atoms with E-state index in [0.29, 0.717) is 23.0 Å². The molecule has 0 saturated heterocycles. The number of ether oxygens (including phenoxy) is 1. The summed E-state index contributed by atoms with van der Waals surface area (Å²) in [5.41, 5.74) is 3.01. The topological polar surface area (TPSA) is 100 Å². The highest BCUT2D eigenvalue weighted by Gasteiger charge is 2.16. The van der Waals surface area contributed by atoms with E-state index >= 15 is 0 Å². The number of aromatic nitrogens is 8. The van der Waals surface area contributed by atoms with Crippen LogP contribution in [0.4, 0.5) is 11.6 Å². The molecule has 0 radical (unpaired) electrons. The average molecular weight is 401 g/mol. The number of methoxy groups -OCH3 is 1. The van der Waals surface area contributed by atoms with Gasteiger partial charge in [0.05, 0.1) is 24.4 Å². The standard InChI is InChI=1S/C20H19N9O/c1-27-18(10-14(26-27)19-16(30-3)6-4-7-21-19)24-17-11-15(29-9-5-8-22-29)13-12-23-28(2)20(13)25-17/h4-12H,1-3H3,(H,24,25). The Kier molecular flexibility index (Phi) is 4.16. The first-order chi connectivity index (χ1) is 14.6. The lowest BCUT2D eigenvalue weighted by molar-refractivity contribution is 0.414. The van der Waals surface area contributed by atoms with Gasteiger partial charge in [-0.25, -0.2) is 9.67 Å². The van der Waals surface area contributed by atoms with Crippen LogP contribution in [0.2, 0.25) is 0 Å². The predicted molar refractivity (Wildman–Crippen MR) is 112 cm³/mol. The van der Waals surface area contributed by atoms with Gasteiger partial charge in [-0.2, -0.15) is 15.3 Å². The van der Waals surface area contributed by atoms with Gasteiger partial charge in [-0.3, -0.25) is 14.3 Å². The molecule has 5 heterocycles. The van der Waals surface area contributed by atoms with E-state index < -0.39 is 0 Å². The van der Waals surface area contributed by atoms with Crippen LogP contribution in [0, 0.1) is 0 Å². The number of pyridine rings is 2. The molecule has 5 rings (SSSR count). The lowest BCUT2D eigenvalue weighted by Crippen LogP contribution is -2.04. The highest BCUT2D eigenvalue weighted by Crippen LogP contribution is 2.30. The van der Waals surface area contributed by atoms with Crippen molar-refractivity contribution in [3.8, 4) is 22.8 Å². The van der Waals surface area contributed by atoms with Crippen molar-refractivity contribution in [3.63, 3.8) is 0 Å². The maximum atomic E-state index is 5.41. The molecule has 150 valence electrons. The molecule has 0 saturated carbocycles. The van der Waals surface area contributed by atoms with E-state index in [-0.39, 0.29) is 0 Å². The molecule has 0 bridgehead atoms. The molecule has 0 atom stereocenters. The van der Waals surface area contributed by atoms with Crippen LogP contribution < -0.4 is 10.1 Å². The molecule has 0 amide bonds. The van der Waals surface area contributed by atoms with Crippen molar-refractivity contribution in [1.82, 2.24) is 39.3 Å². The van der Waals surface area contributed by atoms with E-state index in [1.165, 1.54) is 0 Å². The molecule has 30 heavy (non-hydrogen) atoms. The van der Waals surface area contributed by atoms with Crippen molar-refractivity contribution in [1.29, 1.82) is 0 Å². The van der Waals surface area contributed by atoms with Crippen molar-refractivity contribution < 1.29 is 4.74 Å². The Morgan fingerprint density at radius 3 is 2.73 bits per heavy atom. The van der Waals surface area contributed by atoms with E-state index in [4.69, 9.17) is 9.72 Å². The summed E-state index contributed by atoms with van der Waals surface area (Å²) in [6.45, 7) is 0. The van der Waals surface area contributed by atoms with Gasteiger partial charge in [0.1, 0.15) is 28.8 Å². The minimum absolute atomic E-state index is 0.652. The molecule has 0 aliphatic rings. The molecule has 1 N–H and O–H groups in total. The van der Waals surface area contributed by atoms with Crippen molar-refractivity contribution in [2.24, 2.45) is 14.1 Å². The van der Waals surface area contributed by atoms with Gasteiger partial charge >= 0.3 is 0 Å². The van der Waals surface area contributed by atoms with Crippen molar-refractivity contribution in [2.45, 2.75) is 0 Å². The van der Waals surface area contributed by atoms with Crippen LogP contribution in [0.25, 0.3) is 28.1 Å². The molecule has 0 aliphatic heterocycles. The normalized spacial score (nSPS) is 11.2. The van der Waals surface area contributed by atoms with Crippen LogP contribution in [-0.4, -0.2) is 46.4 Å². The Morgan fingerprint density at radius 2 is 1.93 bits per heavy atom. The maximum Gasteiger partial charge on any atom is 0.162 e. The molecule has 0 aliphatic carbocycles. The number of nitrogens with zero attached hydrogens (tertiary/aromatic N) is 8. The molecular weight excluding hydrogens is 382 g/mol. The number of aryl methyl sites for hydroxylation is 2. The quantitative estimate of drug-likeness (QED) is 0.483. The minimum atomic E-state index is 0.652. The van der Waals surface area contributed by atoms with E-state index in [1.807, 2.05) is 50.6 Å². The Bertz CT molecular complexity index is 1330. The fourth-order valence-corrected chi connectivity index (χ4v) is 3.34. The maximum absolute atomic E-state index is 5.41. The number of rotatable bonds is 5. The van der Waals surface area contributed by atoms with Crippen molar-refractivity contribution >= 4 is 22.7 Å². The summed E-state index contributed by atoms with van der Waals surface area (Å²) in [6.07, 6.45) is 7.14.